The van der Waals surface area contributed by atoms with E-state index in [0.29, 0.717) is 24.8 Å². The summed E-state index contributed by atoms with van der Waals surface area (Å²) in [6.45, 7) is 2.65. The van der Waals surface area contributed by atoms with E-state index >= 15 is 0 Å². The number of amides is 2. The van der Waals surface area contributed by atoms with Crippen LogP contribution in [0.5, 0.6) is 5.75 Å². The van der Waals surface area contributed by atoms with Gasteiger partial charge in [-0.05, 0) is 12.5 Å². The number of carbonyl (C=O) groups excluding carboxylic acids is 1. The van der Waals surface area contributed by atoms with Gasteiger partial charge in [-0.1, -0.05) is 0 Å². The molecule has 0 saturated carbocycles. The molecule has 134 valence electrons. The van der Waals surface area contributed by atoms with Gasteiger partial charge in [0, 0.05) is 27.2 Å². The Morgan fingerprint density at radius 3 is 2.76 bits per heavy atom. The number of urea groups is 1. The fourth-order valence-corrected chi connectivity index (χ4v) is 2.74. The SMILES string of the molecule is COc1cnc(NCc2cc3n(n2)CCCN(C(=O)N(C)C)C3)nc1. The number of anilines is 1. The number of fused-ring (bicyclic) bond motifs is 1. The number of nitrogens with zero attached hydrogens (tertiary/aromatic N) is 6. The molecule has 2 aromatic heterocycles. The fraction of sp³-hybridized carbons (Fsp3) is 0.500. The maximum absolute atomic E-state index is 12.2. The van der Waals surface area contributed by atoms with E-state index in [2.05, 4.69) is 20.4 Å². The van der Waals surface area contributed by atoms with Gasteiger partial charge in [0.2, 0.25) is 5.95 Å². The van der Waals surface area contributed by atoms with Gasteiger partial charge in [0.15, 0.2) is 5.75 Å². The van der Waals surface area contributed by atoms with Gasteiger partial charge in [-0.25, -0.2) is 14.8 Å². The van der Waals surface area contributed by atoms with Gasteiger partial charge in [-0.3, -0.25) is 4.68 Å². The summed E-state index contributed by atoms with van der Waals surface area (Å²) in [7, 11) is 5.12. The van der Waals surface area contributed by atoms with Crippen molar-refractivity contribution in [3.63, 3.8) is 0 Å². The lowest BCUT2D eigenvalue weighted by molar-refractivity contribution is 0.169. The van der Waals surface area contributed by atoms with Crippen LogP contribution in [0.4, 0.5) is 10.7 Å². The number of ether oxygens (including phenoxy) is 1. The van der Waals surface area contributed by atoms with Crippen LogP contribution >= 0.6 is 0 Å². The Hall–Kier alpha value is -2.84. The first kappa shape index (κ1) is 17.0. The number of methoxy groups -OCH3 is 1. The Labute approximate surface area is 146 Å². The molecule has 0 bridgehead atoms. The average molecular weight is 345 g/mol. The van der Waals surface area contributed by atoms with Crippen LogP contribution < -0.4 is 10.1 Å². The molecule has 2 aromatic rings. The van der Waals surface area contributed by atoms with Gasteiger partial charge in [-0.15, -0.1) is 0 Å². The van der Waals surface area contributed by atoms with Crippen LogP contribution in [0.15, 0.2) is 18.5 Å². The van der Waals surface area contributed by atoms with Gasteiger partial charge in [0.05, 0.1) is 44.0 Å². The lowest BCUT2D eigenvalue weighted by Gasteiger charge is -2.23. The average Bonchev–Trinajstić information content (AvgIpc) is 2.90. The van der Waals surface area contributed by atoms with Crippen LogP contribution in [0.3, 0.4) is 0 Å². The van der Waals surface area contributed by atoms with Crippen LogP contribution in [0.2, 0.25) is 0 Å². The van der Waals surface area contributed by atoms with E-state index in [1.54, 1.807) is 38.5 Å². The molecule has 3 heterocycles. The molecule has 0 atom stereocenters. The van der Waals surface area contributed by atoms with Crippen molar-refractivity contribution in [2.24, 2.45) is 0 Å². The minimum atomic E-state index is 0.0287. The van der Waals surface area contributed by atoms with Gasteiger partial charge in [0.25, 0.3) is 0 Å². The second-order valence-corrected chi connectivity index (χ2v) is 6.10. The summed E-state index contributed by atoms with van der Waals surface area (Å²) in [5.41, 5.74) is 1.94. The molecule has 0 aromatic carbocycles. The van der Waals surface area contributed by atoms with E-state index in [1.165, 1.54) is 0 Å². The van der Waals surface area contributed by atoms with E-state index in [1.807, 2.05) is 15.6 Å². The van der Waals surface area contributed by atoms with Crippen molar-refractivity contribution in [3.05, 3.63) is 29.8 Å². The third-order valence-electron chi connectivity index (χ3n) is 4.01. The fourth-order valence-electron chi connectivity index (χ4n) is 2.74. The molecule has 9 heteroatoms. The predicted octanol–water partition coefficient (Wildman–Crippen LogP) is 1.18. The van der Waals surface area contributed by atoms with E-state index in [-0.39, 0.29) is 6.03 Å². The molecule has 1 aliphatic heterocycles. The Balaban J connectivity index is 1.65. The van der Waals surface area contributed by atoms with Crippen LogP contribution in [-0.2, 0) is 19.6 Å². The lowest BCUT2D eigenvalue weighted by Crippen LogP contribution is -2.38. The Morgan fingerprint density at radius 2 is 2.08 bits per heavy atom. The lowest BCUT2D eigenvalue weighted by atomic mass is 10.3. The molecule has 9 nitrogen and oxygen atoms in total. The van der Waals surface area contributed by atoms with Crippen LogP contribution in [0, 0.1) is 0 Å². The smallest absolute Gasteiger partial charge is 0.319 e. The van der Waals surface area contributed by atoms with Crippen molar-refractivity contribution >= 4 is 12.0 Å². The molecule has 25 heavy (non-hydrogen) atoms. The molecular formula is C16H23N7O2. The Morgan fingerprint density at radius 1 is 1.32 bits per heavy atom. The van der Waals surface area contributed by atoms with Crippen molar-refractivity contribution in [2.45, 2.75) is 26.1 Å². The first-order chi connectivity index (χ1) is 12.1. The van der Waals surface area contributed by atoms with Gasteiger partial charge < -0.3 is 19.9 Å². The number of aromatic nitrogens is 4. The van der Waals surface area contributed by atoms with E-state index in [4.69, 9.17) is 4.74 Å². The number of hydrogen-bond donors (Lipinski definition) is 1. The van der Waals surface area contributed by atoms with Crippen LogP contribution in [0.1, 0.15) is 17.8 Å². The molecule has 0 saturated heterocycles. The highest BCUT2D eigenvalue weighted by molar-refractivity contribution is 5.73. The third kappa shape index (κ3) is 3.98. The standard InChI is InChI=1S/C16H23N7O2/c1-21(2)16(24)22-5-4-6-23-13(11-22)7-12(20-23)8-17-15-18-9-14(25-3)10-19-15/h7,9-10H,4-6,8,11H2,1-3H3,(H,17,18,19). The van der Waals surface area contributed by atoms with Crippen molar-refractivity contribution in [2.75, 3.05) is 33.1 Å². The van der Waals surface area contributed by atoms with Gasteiger partial charge in [0.1, 0.15) is 0 Å². The zero-order chi connectivity index (χ0) is 17.8. The van der Waals surface area contributed by atoms with E-state index in [0.717, 1.165) is 30.9 Å². The number of hydrogen-bond acceptors (Lipinski definition) is 6. The second-order valence-electron chi connectivity index (χ2n) is 6.10. The van der Waals surface area contributed by atoms with E-state index < -0.39 is 0 Å². The number of nitrogens with one attached hydrogen (secondary N) is 1. The molecule has 1 N–H and O–H groups in total. The quantitative estimate of drug-likeness (QED) is 0.895. The summed E-state index contributed by atoms with van der Waals surface area (Å²) in [6.07, 6.45) is 4.12. The molecule has 0 fully saturated rings. The Bertz CT molecular complexity index is 727. The summed E-state index contributed by atoms with van der Waals surface area (Å²) in [5.74, 6) is 1.14. The summed E-state index contributed by atoms with van der Waals surface area (Å²) in [5, 5.41) is 7.77. The van der Waals surface area contributed by atoms with E-state index in [9.17, 15) is 4.79 Å². The van der Waals surface area contributed by atoms with Gasteiger partial charge >= 0.3 is 6.03 Å². The molecule has 2 amide bonds. The minimum absolute atomic E-state index is 0.0287. The molecule has 0 unspecified atom stereocenters. The van der Waals surface area contributed by atoms with Crippen molar-refractivity contribution < 1.29 is 9.53 Å². The molecule has 1 aliphatic rings. The van der Waals surface area contributed by atoms with Crippen molar-refractivity contribution in [1.82, 2.24) is 29.5 Å². The maximum atomic E-state index is 12.2. The molecule has 0 radical (unpaired) electrons. The maximum Gasteiger partial charge on any atom is 0.319 e. The summed E-state index contributed by atoms with van der Waals surface area (Å²) >= 11 is 0. The number of carbonyl (C=O) groups is 1. The molecule has 3 rings (SSSR count). The minimum Gasteiger partial charge on any atom is -0.494 e. The second kappa shape index (κ2) is 7.37. The Kier molecular flexibility index (Phi) is 5.01. The monoisotopic (exact) mass is 345 g/mol. The van der Waals surface area contributed by atoms with Crippen LogP contribution in [-0.4, -0.2) is 63.3 Å². The normalized spacial score (nSPS) is 13.8. The topological polar surface area (TPSA) is 88.4 Å². The zero-order valence-corrected chi connectivity index (χ0v) is 14.8. The summed E-state index contributed by atoms with van der Waals surface area (Å²) in [4.78, 5) is 24.0. The van der Waals surface area contributed by atoms with Crippen molar-refractivity contribution in [3.8, 4) is 5.75 Å². The van der Waals surface area contributed by atoms with Crippen LogP contribution in [0.25, 0.3) is 0 Å². The summed E-state index contributed by atoms with van der Waals surface area (Å²) < 4.78 is 7.02. The largest absolute Gasteiger partial charge is 0.494 e. The highest BCUT2D eigenvalue weighted by Gasteiger charge is 2.21. The number of rotatable bonds is 4. The molecule has 0 aliphatic carbocycles. The highest BCUT2D eigenvalue weighted by atomic mass is 16.5. The molecule has 0 spiro atoms. The first-order valence-electron chi connectivity index (χ1n) is 8.18. The predicted molar refractivity (Wildman–Crippen MR) is 92.2 cm³/mol. The number of aryl methyl sites for hydroxylation is 1. The first-order valence-corrected chi connectivity index (χ1v) is 8.18. The van der Waals surface area contributed by atoms with Crippen molar-refractivity contribution in [1.29, 1.82) is 0 Å². The zero-order valence-electron chi connectivity index (χ0n) is 14.8. The molecular weight excluding hydrogens is 322 g/mol. The highest BCUT2D eigenvalue weighted by Crippen LogP contribution is 2.16. The summed E-state index contributed by atoms with van der Waals surface area (Å²) in [6, 6.07) is 2.05. The third-order valence-corrected chi connectivity index (χ3v) is 4.01. The van der Waals surface area contributed by atoms with Gasteiger partial charge in [-0.2, -0.15) is 5.10 Å².